The van der Waals surface area contributed by atoms with Gasteiger partial charge in [-0.25, -0.2) is 8.42 Å². The summed E-state index contributed by atoms with van der Waals surface area (Å²) in [4.78, 5) is 13.0. The van der Waals surface area contributed by atoms with Gasteiger partial charge in [0.2, 0.25) is 15.2 Å². The summed E-state index contributed by atoms with van der Waals surface area (Å²) in [6, 6.07) is 3.93. The Balaban J connectivity index is 1.65. The minimum Gasteiger partial charge on any atom is -0.378 e. The third-order valence-corrected chi connectivity index (χ3v) is 8.87. The highest BCUT2D eigenvalue weighted by Gasteiger charge is 2.31. The molecule has 0 atom stereocenters. The smallest absolute Gasteiger partial charge is 0.270 e. The average molecular weight is 458 g/mol. The lowest BCUT2D eigenvalue weighted by Crippen LogP contribution is -2.36. The number of anilines is 1. The maximum absolute atomic E-state index is 13.1. The van der Waals surface area contributed by atoms with Crippen molar-refractivity contribution in [3.63, 3.8) is 0 Å². The van der Waals surface area contributed by atoms with E-state index in [-0.39, 0.29) is 10.6 Å². The van der Waals surface area contributed by atoms with Gasteiger partial charge in [-0.15, -0.1) is 10.2 Å². The zero-order chi connectivity index (χ0) is 20.4. The quantitative estimate of drug-likeness (QED) is 0.475. The number of ether oxygens (including phenoxy) is 1. The number of sulfonamides is 1. The number of aromatic nitrogens is 2. The van der Waals surface area contributed by atoms with Crippen molar-refractivity contribution in [2.24, 2.45) is 0 Å². The first-order valence-electron chi connectivity index (χ1n) is 9.08. The molecule has 0 N–H and O–H groups in total. The molecule has 2 fully saturated rings. The zero-order valence-corrected chi connectivity index (χ0v) is 17.8. The molecular weight excluding hydrogens is 438 g/mol. The van der Waals surface area contributed by atoms with E-state index in [4.69, 9.17) is 4.74 Å². The SMILES string of the molecule is O=[N+]([O-])c1ccc(Sc2nnc(N3CCOCC3)s2)c(S(=O)(=O)N2CCCC2)c1. The Hall–Kier alpha value is -1.80. The van der Waals surface area contributed by atoms with Gasteiger partial charge in [-0.2, -0.15) is 4.31 Å². The van der Waals surface area contributed by atoms with Crippen molar-refractivity contribution in [3.05, 3.63) is 28.3 Å². The molecule has 2 aromatic rings. The van der Waals surface area contributed by atoms with Crippen molar-refractivity contribution in [2.45, 2.75) is 27.0 Å². The molecule has 0 amide bonds. The molecule has 0 unspecified atom stereocenters. The van der Waals surface area contributed by atoms with Crippen LogP contribution in [-0.2, 0) is 14.8 Å². The fourth-order valence-corrected chi connectivity index (χ4v) is 7.09. The molecule has 156 valence electrons. The summed E-state index contributed by atoms with van der Waals surface area (Å²) in [5.74, 6) is 0. The summed E-state index contributed by atoms with van der Waals surface area (Å²) in [5.41, 5.74) is -0.251. The van der Waals surface area contributed by atoms with Gasteiger partial charge in [0.1, 0.15) is 4.90 Å². The molecular formula is C16H19N5O5S3. The lowest BCUT2D eigenvalue weighted by atomic mass is 10.3. The van der Waals surface area contributed by atoms with Crippen LogP contribution in [0.15, 0.2) is 32.3 Å². The van der Waals surface area contributed by atoms with E-state index in [1.807, 2.05) is 0 Å². The second-order valence-electron chi connectivity index (χ2n) is 6.55. The number of morpholine rings is 1. The standard InChI is InChI=1S/C16H19N5O5S3/c22-21(23)12-3-4-13(14(11-12)29(24,25)20-5-1-2-6-20)27-16-18-17-15(28-16)19-7-9-26-10-8-19/h3-4,11H,1-2,5-10H2. The molecule has 0 spiro atoms. The second kappa shape index (κ2) is 8.52. The molecule has 1 aromatic carbocycles. The first-order valence-corrected chi connectivity index (χ1v) is 12.1. The van der Waals surface area contributed by atoms with Gasteiger partial charge in [0, 0.05) is 43.2 Å². The Labute approximate surface area is 176 Å². The summed E-state index contributed by atoms with van der Waals surface area (Å²) in [5, 5.41) is 20.3. The molecule has 0 bridgehead atoms. The fourth-order valence-electron chi connectivity index (χ4n) is 3.18. The van der Waals surface area contributed by atoms with Gasteiger partial charge < -0.3 is 9.64 Å². The van der Waals surface area contributed by atoms with Crippen LogP contribution < -0.4 is 4.90 Å². The molecule has 3 heterocycles. The number of rotatable bonds is 6. The summed E-state index contributed by atoms with van der Waals surface area (Å²) in [7, 11) is -3.82. The van der Waals surface area contributed by atoms with Crippen molar-refractivity contribution in [1.82, 2.24) is 14.5 Å². The molecule has 0 radical (unpaired) electrons. The number of hydrogen-bond donors (Lipinski definition) is 0. The van der Waals surface area contributed by atoms with E-state index in [1.54, 1.807) is 0 Å². The van der Waals surface area contributed by atoms with Crippen LogP contribution in [0.4, 0.5) is 10.8 Å². The number of nitro benzene ring substituents is 1. The Morgan fingerprint density at radius 3 is 2.55 bits per heavy atom. The lowest BCUT2D eigenvalue weighted by Gasteiger charge is -2.25. The van der Waals surface area contributed by atoms with E-state index in [1.165, 1.54) is 27.8 Å². The van der Waals surface area contributed by atoms with Gasteiger partial charge in [-0.3, -0.25) is 10.1 Å². The van der Waals surface area contributed by atoms with Crippen molar-refractivity contribution >= 4 is 43.9 Å². The molecule has 4 rings (SSSR count). The summed E-state index contributed by atoms with van der Waals surface area (Å²) in [6.45, 7) is 3.56. The van der Waals surface area contributed by atoms with Crippen molar-refractivity contribution < 1.29 is 18.1 Å². The Bertz CT molecular complexity index is 1000. The van der Waals surface area contributed by atoms with Crippen molar-refractivity contribution in [2.75, 3.05) is 44.3 Å². The maximum Gasteiger partial charge on any atom is 0.270 e. The van der Waals surface area contributed by atoms with Crippen LogP contribution in [0.2, 0.25) is 0 Å². The predicted octanol–water partition coefficient (Wildman–Crippen LogP) is 2.22. The topological polar surface area (TPSA) is 119 Å². The second-order valence-corrected chi connectivity index (χ2v) is 10.7. The van der Waals surface area contributed by atoms with Crippen molar-refractivity contribution in [3.8, 4) is 0 Å². The van der Waals surface area contributed by atoms with Crippen LogP contribution in [-0.4, -0.2) is 67.2 Å². The van der Waals surface area contributed by atoms with E-state index in [2.05, 4.69) is 15.1 Å². The van der Waals surface area contributed by atoms with Gasteiger partial charge in [-0.05, 0) is 18.9 Å². The highest BCUT2D eigenvalue weighted by atomic mass is 32.2. The number of nitrogens with zero attached hydrogens (tertiary/aromatic N) is 5. The summed E-state index contributed by atoms with van der Waals surface area (Å²) >= 11 is 2.53. The highest BCUT2D eigenvalue weighted by molar-refractivity contribution is 8.01. The van der Waals surface area contributed by atoms with Crippen LogP contribution in [0.25, 0.3) is 0 Å². The molecule has 29 heavy (non-hydrogen) atoms. The van der Waals surface area contributed by atoms with Gasteiger partial charge in [0.15, 0.2) is 4.34 Å². The van der Waals surface area contributed by atoms with Crippen LogP contribution >= 0.6 is 23.1 Å². The first kappa shape index (κ1) is 20.5. The Morgan fingerprint density at radius 2 is 1.86 bits per heavy atom. The summed E-state index contributed by atoms with van der Waals surface area (Å²) < 4.78 is 33.5. The van der Waals surface area contributed by atoms with Gasteiger partial charge in [-0.1, -0.05) is 23.1 Å². The van der Waals surface area contributed by atoms with E-state index in [0.717, 1.165) is 48.9 Å². The van der Waals surface area contributed by atoms with Crippen molar-refractivity contribution in [1.29, 1.82) is 0 Å². The fraction of sp³-hybridized carbons (Fsp3) is 0.500. The average Bonchev–Trinajstić information content (AvgIpc) is 3.41. The minimum absolute atomic E-state index is 0.0540. The molecule has 13 heteroatoms. The van der Waals surface area contributed by atoms with E-state index in [9.17, 15) is 18.5 Å². The molecule has 2 aliphatic rings. The van der Waals surface area contributed by atoms with E-state index >= 15 is 0 Å². The van der Waals surface area contributed by atoms with Gasteiger partial charge in [0.05, 0.1) is 18.1 Å². The lowest BCUT2D eigenvalue weighted by molar-refractivity contribution is -0.385. The van der Waals surface area contributed by atoms with E-state index in [0.29, 0.717) is 35.5 Å². The van der Waals surface area contributed by atoms with Gasteiger partial charge in [0.25, 0.3) is 5.69 Å². The molecule has 2 aliphatic heterocycles. The molecule has 1 aromatic heterocycles. The predicted molar refractivity (Wildman–Crippen MR) is 108 cm³/mol. The third kappa shape index (κ3) is 4.38. The van der Waals surface area contributed by atoms with E-state index < -0.39 is 14.9 Å². The Kier molecular flexibility index (Phi) is 6.01. The Morgan fingerprint density at radius 1 is 1.14 bits per heavy atom. The monoisotopic (exact) mass is 457 g/mol. The highest BCUT2D eigenvalue weighted by Crippen LogP contribution is 2.39. The number of hydrogen-bond acceptors (Lipinski definition) is 10. The molecule has 2 saturated heterocycles. The van der Waals surface area contributed by atoms with Crippen LogP contribution in [0.5, 0.6) is 0 Å². The summed E-state index contributed by atoms with van der Waals surface area (Å²) in [6.07, 6.45) is 1.58. The third-order valence-electron chi connectivity index (χ3n) is 4.70. The van der Waals surface area contributed by atoms with Crippen LogP contribution in [0.3, 0.4) is 0 Å². The molecule has 10 nitrogen and oxygen atoms in total. The largest absolute Gasteiger partial charge is 0.378 e. The van der Waals surface area contributed by atoms with Crippen LogP contribution in [0.1, 0.15) is 12.8 Å². The zero-order valence-electron chi connectivity index (χ0n) is 15.4. The maximum atomic E-state index is 13.1. The normalized spacial score (nSPS) is 18.3. The number of benzene rings is 1. The number of nitro groups is 1. The minimum atomic E-state index is -3.82. The van der Waals surface area contributed by atoms with Crippen LogP contribution in [0, 0.1) is 10.1 Å². The molecule has 0 saturated carbocycles. The number of non-ortho nitro benzene ring substituents is 1. The van der Waals surface area contributed by atoms with Gasteiger partial charge >= 0.3 is 0 Å². The molecule has 0 aliphatic carbocycles. The first-order chi connectivity index (χ1) is 13.9.